The van der Waals surface area contributed by atoms with Crippen LogP contribution in [-0.4, -0.2) is 32.6 Å². The molecule has 0 radical (unpaired) electrons. The molecule has 0 spiro atoms. The first-order valence-electron chi connectivity index (χ1n) is 8.05. The summed E-state index contributed by atoms with van der Waals surface area (Å²) in [5, 5.41) is 14.0. The van der Waals surface area contributed by atoms with Gasteiger partial charge in [-0.05, 0) is 24.3 Å². The van der Waals surface area contributed by atoms with E-state index < -0.39 is 0 Å². The lowest BCUT2D eigenvalue weighted by molar-refractivity contribution is -0.104. The Bertz CT molecular complexity index is 970. The van der Waals surface area contributed by atoms with E-state index in [1.165, 1.54) is 0 Å². The van der Waals surface area contributed by atoms with Gasteiger partial charge in [0.1, 0.15) is 12.1 Å². The molecule has 0 saturated carbocycles. The highest BCUT2D eigenvalue weighted by atomic mass is 35.5. The maximum absolute atomic E-state index is 10.7. The van der Waals surface area contributed by atoms with E-state index in [4.69, 9.17) is 11.6 Å². The number of halogens is 1. The third-order valence-corrected chi connectivity index (χ3v) is 3.86. The SMILES string of the molecule is C=C(C=O)CNc1ccc(Cl)c(Nc2ccnc(Nc3cnn(C)c3)n2)c1. The molecule has 138 valence electrons. The number of aldehydes is 1. The predicted octanol–water partition coefficient (Wildman–Crippen LogP) is 3.52. The molecule has 27 heavy (non-hydrogen) atoms. The van der Waals surface area contributed by atoms with Crippen LogP contribution in [0.2, 0.25) is 5.02 Å². The zero-order valence-corrected chi connectivity index (χ0v) is 15.4. The monoisotopic (exact) mass is 383 g/mol. The molecule has 0 amide bonds. The molecule has 0 bridgehead atoms. The average Bonchev–Trinajstić information content (AvgIpc) is 3.07. The Hall–Kier alpha value is -3.39. The summed E-state index contributed by atoms with van der Waals surface area (Å²) >= 11 is 6.27. The Morgan fingerprint density at radius 1 is 1.30 bits per heavy atom. The molecule has 3 aromatic rings. The largest absolute Gasteiger partial charge is 0.381 e. The molecule has 0 aliphatic heterocycles. The fourth-order valence-corrected chi connectivity index (χ4v) is 2.39. The van der Waals surface area contributed by atoms with Gasteiger partial charge in [0.05, 0.1) is 22.6 Å². The Kier molecular flexibility index (Phi) is 5.68. The summed E-state index contributed by atoms with van der Waals surface area (Å²) in [6, 6.07) is 7.14. The number of nitrogens with zero attached hydrogens (tertiary/aromatic N) is 4. The van der Waals surface area contributed by atoms with Crippen molar-refractivity contribution in [2.24, 2.45) is 7.05 Å². The third kappa shape index (κ3) is 5.05. The lowest BCUT2D eigenvalue weighted by Gasteiger charge is -2.12. The van der Waals surface area contributed by atoms with Gasteiger partial charge in [-0.25, -0.2) is 4.98 Å². The van der Waals surface area contributed by atoms with Crippen molar-refractivity contribution in [1.82, 2.24) is 19.7 Å². The van der Waals surface area contributed by atoms with E-state index in [0.717, 1.165) is 17.7 Å². The number of carbonyl (C=O) groups excluding carboxylic acids is 1. The maximum Gasteiger partial charge on any atom is 0.229 e. The van der Waals surface area contributed by atoms with Gasteiger partial charge >= 0.3 is 0 Å². The molecule has 0 aliphatic carbocycles. The quantitative estimate of drug-likeness (QED) is 0.404. The van der Waals surface area contributed by atoms with Crippen LogP contribution in [0, 0.1) is 0 Å². The molecule has 3 N–H and O–H groups in total. The van der Waals surface area contributed by atoms with Crippen molar-refractivity contribution in [3.8, 4) is 0 Å². The van der Waals surface area contributed by atoms with Crippen LogP contribution in [0.4, 0.5) is 28.8 Å². The minimum Gasteiger partial charge on any atom is -0.381 e. The maximum atomic E-state index is 10.7. The van der Waals surface area contributed by atoms with Crippen LogP contribution in [0.15, 0.2) is 55.0 Å². The van der Waals surface area contributed by atoms with Crippen molar-refractivity contribution in [1.29, 1.82) is 0 Å². The fourth-order valence-electron chi connectivity index (χ4n) is 2.23. The highest BCUT2D eigenvalue weighted by Gasteiger charge is 2.06. The van der Waals surface area contributed by atoms with Gasteiger partial charge in [-0.2, -0.15) is 10.1 Å². The van der Waals surface area contributed by atoms with Crippen LogP contribution < -0.4 is 16.0 Å². The van der Waals surface area contributed by atoms with E-state index in [0.29, 0.717) is 34.6 Å². The molecular formula is C18H18ClN7O. The van der Waals surface area contributed by atoms with Crippen molar-refractivity contribution in [2.75, 3.05) is 22.5 Å². The Morgan fingerprint density at radius 2 is 2.15 bits per heavy atom. The van der Waals surface area contributed by atoms with Crippen LogP contribution in [0.3, 0.4) is 0 Å². The van der Waals surface area contributed by atoms with Gasteiger partial charge in [-0.3, -0.25) is 9.48 Å². The number of benzene rings is 1. The second-order valence-electron chi connectivity index (χ2n) is 5.74. The van der Waals surface area contributed by atoms with Crippen molar-refractivity contribution in [3.63, 3.8) is 0 Å². The number of carbonyl (C=O) groups is 1. The van der Waals surface area contributed by atoms with Gasteiger partial charge in [0.25, 0.3) is 0 Å². The fraction of sp³-hybridized carbons (Fsp3) is 0.111. The van der Waals surface area contributed by atoms with Crippen molar-refractivity contribution in [3.05, 3.63) is 60.0 Å². The highest BCUT2D eigenvalue weighted by Crippen LogP contribution is 2.28. The molecular weight excluding hydrogens is 366 g/mol. The summed E-state index contributed by atoms with van der Waals surface area (Å²) < 4.78 is 1.68. The van der Waals surface area contributed by atoms with Crippen LogP contribution in [-0.2, 0) is 11.8 Å². The summed E-state index contributed by atoms with van der Waals surface area (Å²) in [4.78, 5) is 19.3. The van der Waals surface area contributed by atoms with E-state index in [2.05, 4.69) is 37.6 Å². The third-order valence-electron chi connectivity index (χ3n) is 3.53. The van der Waals surface area contributed by atoms with Gasteiger partial charge in [0.2, 0.25) is 5.95 Å². The second-order valence-corrected chi connectivity index (χ2v) is 6.15. The van der Waals surface area contributed by atoms with Crippen molar-refractivity contribution >= 4 is 46.7 Å². The molecule has 3 rings (SSSR count). The first-order valence-corrected chi connectivity index (χ1v) is 8.43. The smallest absolute Gasteiger partial charge is 0.229 e. The molecule has 9 heteroatoms. The van der Waals surface area contributed by atoms with E-state index in [1.54, 1.807) is 29.2 Å². The van der Waals surface area contributed by atoms with Gasteiger partial charge < -0.3 is 16.0 Å². The second kappa shape index (κ2) is 8.33. The minimum absolute atomic E-state index is 0.358. The highest BCUT2D eigenvalue weighted by molar-refractivity contribution is 6.33. The Balaban J connectivity index is 1.73. The normalized spacial score (nSPS) is 10.3. The predicted molar refractivity (Wildman–Crippen MR) is 107 cm³/mol. The first kappa shape index (κ1) is 18.4. The van der Waals surface area contributed by atoms with E-state index in [1.807, 2.05) is 25.4 Å². The van der Waals surface area contributed by atoms with Crippen LogP contribution >= 0.6 is 11.6 Å². The van der Waals surface area contributed by atoms with Crippen LogP contribution in [0.5, 0.6) is 0 Å². The number of anilines is 5. The molecule has 0 aliphatic rings. The number of rotatable bonds is 8. The molecule has 2 heterocycles. The summed E-state index contributed by atoms with van der Waals surface area (Å²) in [5.41, 5.74) is 2.72. The molecule has 0 saturated heterocycles. The van der Waals surface area contributed by atoms with Gasteiger partial charge in [-0.15, -0.1) is 0 Å². The van der Waals surface area contributed by atoms with Gasteiger partial charge in [0.15, 0.2) is 0 Å². The number of hydrogen-bond acceptors (Lipinski definition) is 7. The summed E-state index contributed by atoms with van der Waals surface area (Å²) in [6.45, 7) is 4.00. The molecule has 0 fully saturated rings. The van der Waals surface area contributed by atoms with E-state index in [-0.39, 0.29) is 0 Å². The van der Waals surface area contributed by atoms with E-state index >= 15 is 0 Å². The van der Waals surface area contributed by atoms with Gasteiger partial charge in [0, 0.05) is 37.2 Å². The molecule has 1 aromatic carbocycles. The number of aromatic nitrogens is 4. The van der Waals surface area contributed by atoms with Crippen molar-refractivity contribution < 1.29 is 4.79 Å². The molecule has 2 aromatic heterocycles. The lowest BCUT2D eigenvalue weighted by atomic mass is 10.2. The van der Waals surface area contributed by atoms with Gasteiger partial charge in [-0.1, -0.05) is 18.2 Å². The Labute approximate surface area is 161 Å². The van der Waals surface area contributed by atoms with Crippen LogP contribution in [0.25, 0.3) is 0 Å². The zero-order chi connectivity index (χ0) is 19.2. The number of hydrogen-bond donors (Lipinski definition) is 3. The summed E-state index contributed by atoms with van der Waals surface area (Å²) in [5.74, 6) is 1.01. The van der Waals surface area contributed by atoms with Crippen molar-refractivity contribution in [2.45, 2.75) is 0 Å². The first-order chi connectivity index (χ1) is 13.0. The van der Waals surface area contributed by atoms with E-state index in [9.17, 15) is 4.79 Å². The molecule has 0 unspecified atom stereocenters. The molecule has 0 atom stereocenters. The number of nitrogens with one attached hydrogen (secondary N) is 3. The lowest BCUT2D eigenvalue weighted by Crippen LogP contribution is -2.05. The number of aryl methyl sites for hydroxylation is 1. The minimum atomic E-state index is 0.358. The average molecular weight is 384 g/mol. The standard InChI is InChI=1S/C18H18ClN7O/c1-12(11-27)8-21-13-3-4-15(19)16(7-13)24-17-5-6-20-18(25-17)23-14-9-22-26(2)10-14/h3-7,9-11,21H,1,8H2,2H3,(H2,20,23,24,25). The molecule has 8 nitrogen and oxygen atoms in total. The Morgan fingerprint density at radius 3 is 2.89 bits per heavy atom. The summed E-state index contributed by atoms with van der Waals surface area (Å²) in [6.07, 6.45) is 5.86. The zero-order valence-electron chi connectivity index (χ0n) is 14.6. The topological polar surface area (TPSA) is 96.8 Å². The summed E-state index contributed by atoms with van der Waals surface area (Å²) in [7, 11) is 1.83. The van der Waals surface area contributed by atoms with Crippen LogP contribution in [0.1, 0.15) is 0 Å².